The predicted octanol–water partition coefficient (Wildman–Crippen LogP) is 2.73. The third kappa shape index (κ3) is 2.87. The highest BCUT2D eigenvalue weighted by Crippen LogP contribution is 2.34. The molecule has 0 saturated carbocycles. The highest BCUT2D eigenvalue weighted by Gasteiger charge is 2.31. The lowest BCUT2D eigenvalue weighted by molar-refractivity contribution is -0.123. The number of carbonyl (C=O) groups excluding carboxylic acids is 1. The number of nitrogens with two attached hydrogens (primary N) is 1. The molecule has 116 valence electrons. The van der Waals surface area contributed by atoms with Crippen LogP contribution in [0.1, 0.15) is 29.0 Å². The summed E-state index contributed by atoms with van der Waals surface area (Å²) in [6.45, 7) is 4.10. The molecule has 5 heteroatoms. The third-order valence-corrected chi connectivity index (χ3v) is 5.01. The summed E-state index contributed by atoms with van der Waals surface area (Å²) in [6, 6.07) is 9.36. The van der Waals surface area contributed by atoms with E-state index in [1.807, 2.05) is 31.2 Å². The highest BCUT2D eigenvalue weighted by molar-refractivity contribution is 7.10. The fraction of sp³-hybridized carbons (Fsp3) is 0.353. The second-order valence-corrected chi connectivity index (χ2v) is 6.37. The first kappa shape index (κ1) is 15.1. The Morgan fingerprint density at radius 1 is 1.41 bits per heavy atom. The number of ether oxygens (including phenoxy) is 1. The summed E-state index contributed by atoms with van der Waals surface area (Å²) in [5, 5.41) is 2.11. The van der Waals surface area contributed by atoms with Crippen LogP contribution in [0.3, 0.4) is 0 Å². The number of rotatable bonds is 5. The van der Waals surface area contributed by atoms with Crippen LogP contribution in [0.4, 0.5) is 0 Å². The summed E-state index contributed by atoms with van der Waals surface area (Å²) in [6.07, 6.45) is 0.966. The molecule has 1 aliphatic heterocycles. The zero-order chi connectivity index (χ0) is 15.5. The Morgan fingerprint density at radius 2 is 2.23 bits per heavy atom. The Bertz CT molecular complexity index is 668. The number of hydrogen-bond donors (Lipinski definition) is 1. The molecule has 0 aliphatic carbocycles. The number of fused-ring (bicyclic) bond motifs is 1. The third-order valence-electron chi connectivity index (χ3n) is 3.99. The molecular weight excluding hydrogens is 296 g/mol. The minimum absolute atomic E-state index is 0.328. The molecule has 2 aromatic rings. The van der Waals surface area contributed by atoms with Gasteiger partial charge >= 0.3 is 0 Å². The zero-order valence-electron chi connectivity index (χ0n) is 12.6. The fourth-order valence-corrected chi connectivity index (χ4v) is 3.90. The first-order chi connectivity index (χ1) is 10.7. The molecule has 3 rings (SSSR count). The van der Waals surface area contributed by atoms with Crippen LogP contribution in [0.5, 0.6) is 5.75 Å². The van der Waals surface area contributed by atoms with E-state index in [1.165, 1.54) is 10.4 Å². The van der Waals surface area contributed by atoms with E-state index in [-0.39, 0.29) is 5.91 Å². The van der Waals surface area contributed by atoms with Gasteiger partial charge < -0.3 is 10.5 Å². The SMILES string of the molecule is CCOc1ccccc1C(C(N)=O)N1CCc2sccc2C1. The van der Waals surface area contributed by atoms with Crippen LogP contribution in [-0.2, 0) is 17.8 Å². The van der Waals surface area contributed by atoms with Crippen molar-refractivity contribution in [3.8, 4) is 5.75 Å². The van der Waals surface area contributed by atoms with Crippen LogP contribution in [0.2, 0.25) is 0 Å². The Hall–Kier alpha value is -1.85. The van der Waals surface area contributed by atoms with Gasteiger partial charge in [0.2, 0.25) is 5.91 Å². The summed E-state index contributed by atoms with van der Waals surface area (Å²) in [5.74, 6) is 0.413. The van der Waals surface area contributed by atoms with Crippen molar-refractivity contribution >= 4 is 17.2 Å². The number of primary amides is 1. The van der Waals surface area contributed by atoms with Gasteiger partial charge in [0.05, 0.1) is 6.61 Å². The van der Waals surface area contributed by atoms with Gasteiger partial charge in [0.15, 0.2) is 0 Å². The number of para-hydroxylation sites is 1. The first-order valence-corrected chi connectivity index (χ1v) is 8.39. The number of hydrogen-bond acceptors (Lipinski definition) is 4. The lowest BCUT2D eigenvalue weighted by atomic mass is 10.00. The van der Waals surface area contributed by atoms with Crippen LogP contribution >= 0.6 is 11.3 Å². The summed E-state index contributed by atoms with van der Waals surface area (Å²) in [5.41, 5.74) is 7.89. The molecule has 1 aromatic heterocycles. The second-order valence-electron chi connectivity index (χ2n) is 5.37. The van der Waals surface area contributed by atoms with Crippen molar-refractivity contribution < 1.29 is 9.53 Å². The fourth-order valence-electron chi connectivity index (χ4n) is 3.01. The summed E-state index contributed by atoms with van der Waals surface area (Å²) >= 11 is 1.79. The maximum Gasteiger partial charge on any atom is 0.239 e. The summed E-state index contributed by atoms with van der Waals surface area (Å²) < 4.78 is 5.68. The minimum atomic E-state index is -0.448. The normalized spacial score (nSPS) is 16.0. The van der Waals surface area contributed by atoms with Gasteiger partial charge in [0, 0.05) is 23.5 Å². The van der Waals surface area contributed by atoms with Gasteiger partial charge in [0.1, 0.15) is 11.8 Å². The molecule has 0 radical (unpaired) electrons. The van der Waals surface area contributed by atoms with E-state index in [0.29, 0.717) is 6.61 Å². The number of carbonyl (C=O) groups is 1. The monoisotopic (exact) mass is 316 g/mol. The maximum atomic E-state index is 12.1. The van der Waals surface area contributed by atoms with Gasteiger partial charge in [-0.2, -0.15) is 0 Å². The first-order valence-electron chi connectivity index (χ1n) is 7.51. The van der Waals surface area contributed by atoms with Crippen LogP contribution < -0.4 is 10.5 Å². The molecule has 2 N–H and O–H groups in total. The molecule has 1 amide bonds. The number of thiophene rings is 1. The number of amides is 1. The zero-order valence-corrected chi connectivity index (χ0v) is 13.4. The van der Waals surface area contributed by atoms with E-state index in [4.69, 9.17) is 10.5 Å². The lowest BCUT2D eigenvalue weighted by Gasteiger charge is -2.33. The highest BCUT2D eigenvalue weighted by atomic mass is 32.1. The van der Waals surface area contributed by atoms with Crippen LogP contribution in [0.15, 0.2) is 35.7 Å². The molecule has 1 atom stereocenters. The van der Waals surface area contributed by atoms with Gasteiger partial charge in [-0.25, -0.2) is 0 Å². The van der Waals surface area contributed by atoms with Crippen LogP contribution in [0.25, 0.3) is 0 Å². The average molecular weight is 316 g/mol. The molecular formula is C17H20N2O2S. The Morgan fingerprint density at radius 3 is 3.00 bits per heavy atom. The van der Waals surface area contributed by atoms with Crippen molar-refractivity contribution in [1.82, 2.24) is 4.90 Å². The van der Waals surface area contributed by atoms with E-state index >= 15 is 0 Å². The quantitative estimate of drug-likeness (QED) is 0.923. The Kier molecular flexibility index (Phi) is 4.45. The van der Waals surface area contributed by atoms with E-state index in [0.717, 1.165) is 30.8 Å². The standard InChI is InChI=1S/C17H20N2O2S/c1-2-21-14-6-4-3-5-13(14)16(17(18)20)19-9-7-15-12(11-19)8-10-22-15/h3-6,8,10,16H,2,7,9,11H2,1H3,(H2,18,20). The van der Waals surface area contributed by atoms with Crippen LogP contribution in [-0.4, -0.2) is 24.0 Å². The molecule has 0 bridgehead atoms. The van der Waals surface area contributed by atoms with Crippen molar-refractivity contribution in [1.29, 1.82) is 0 Å². The molecule has 0 spiro atoms. The minimum Gasteiger partial charge on any atom is -0.494 e. The van der Waals surface area contributed by atoms with Crippen molar-refractivity contribution in [2.45, 2.75) is 25.9 Å². The van der Waals surface area contributed by atoms with Crippen LogP contribution in [0, 0.1) is 0 Å². The van der Waals surface area contributed by atoms with Gasteiger partial charge in [-0.05, 0) is 36.4 Å². The van der Waals surface area contributed by atoms with Gasteiger partial charge in [0.25, 0.3) is 0 Å². The van der Waals surface area contributed by atoms with E-state index in [9.17, 15) is 4.79 Å². The smallest absolute Gasteiger partial charge is 0.239 e. The number of nitrogens with zero attached hydrogens (tertiary/aromatic N) is 1. The Labute approximate surface area is 134 Å². The average Bonchev–Trinajstić information content (AvgIpc) is 2.97. The molecule has 1 aromatic carbocycles. The second kappa shape index (κ2) is 6.50. The van der Waals surface area contributed by atoms with Crippen molar-refractivity contribution in [3.63, 3.8) is 0 Å². The largest absolute Gasteiger partial charge is 0.494 e. The maximum absolute atomic E-state index is 12.1. The van der Waals surface area contributed by atoms with Crippen molar-refractivity contribution in [2.75, 3.05) is 13.2 Å². The van der Waals surface area contributed by atoms with Gasteiger partial charge in [-0.15, -0.1) is 11.3 Å². The van der Waals surface area contributed by atoms with Gasteiger partial charge in [-0.3, -0.25) is 9.69 Å². The van der Waals surface area contributed by atoms with E-state index < -0.39 is 6.04 Å². The van der Waals surface area contributed by atoms with Gasteiger partial charge in [-0.1, -0.05) is 18.2 Å². The molecule has 1 unspecified atom stereocenters. The summed E-state index contributed by atoms with van der Waals surface area (Å²) in [4.78, 5) is 15.7. The summed E-state index contributed by atoms with van der Waals surface area (Å²) in [7, 11) is 0. The molecule has 1 aliphatic rings. The topological polar surface area (TPSA) is 55.6 Å². The molecule has 2 heterocycles. The van der Waals surface area contributed by atoms with E-state index in [1.54, 1.807) is 11.3 Å². The molecule has 0 fully saturated rings. The lowest BCUT2D eigenvalue weighted by Crippen LogP contribution is -2.40. The predicted molar refractivity (Wildman–Crippen MR) is 88.0 cm³/mol. The number of benzene rings is 1. The van der Waals surface area contributed by atoms with Crippen molar-refractivity contribution in [3.05, 3.63) is 51.7 Å². The molecule has 22 heavy (non-hydrogen) atoms. The van der Waals surface area contributed by atoms with E-state index in [2.05, 4.69) is 16.3 Å². The van der Waals surface area contributed by atoms with Crippen molar-refractivity contribution in [2.24, 2.45) is 5.73 Å². The molecule has 4 nitrogen and oxygen atoms in total. The Balaban J connectivity index is 1.93. The molecule has 0 saturated heterocycles.